The van der Waals surface area contributed by atoms with Gasteiger partial charge in [-0.2, -0.15) is 0 Å². The largest absolute Gasteiger partial charge is 2.00 e. The maximum Gasteiger partial charge on any atom is 2.00 e. The van der Waals surface area contributed by atoms with Gasteiger partial charge in [0.25, 0.3) is 0 Å². The third kappa shape index (κ3) is 644. The number of rotatable bonds is 0. The van der Waals surface area contributed by atoms with E-state index in [1.807, 2.05) is 0 Å². The second-order valence-corrected chi connectivity index (χ2v) is 0.983. The average molecular weight is 232 g/mol. The van der Waals surface area contributed by atoms with Crippen molar-refractivity contribution in [2.45, 2.75) is 13.8 Å². The van der Waals surface area contributed by atoms with Gasteiger partial charge in [-0.25, -0.2) is 0 Å². The van der Waals surface area contributed by atoms with E-state index in [1.165, 1.54) is 0 Å². The Balaban J connectivity index is -0.0000000112. The summed E-state index contributed by atoms with van der Waals surface area (Å²) in [7, 11) is 0. The van der Waals surface area contributed by atoms with Crippen molar-refractivity contribution in [1.82, 2.24) is 0 Å². The molecular formula is C4H8Ca2O6. The number of carbonyl (C=O) groups is 2. The minimum Gasteiger partial charge on any atom is -0.870 e. The summed E-state index contributed by atoms with van der Waals surface area (Å²) in [6, 6.07) is 0. The smallest absolute Gasteiger partial charge is 0.870 e. The van der Waals surface area contributed by atoms with E-state index in [0.29, 0.717) is 0 Å². The number of carboxylic acids is 2. The Morgan fingerprint density at radius 1 is 0.833 bits per heavy atom. The quantitative estimate of drug-likeness (QED) is 0.395. The molecule has 0 aliphatic heterocycles. The number of carbonyl (C=O) groups excluding carboxylic acids is 2. The molecule has 0 rings (SSSR count). The molecule has 64 valence electrons. The molecule has 0 saturated heterocycles. The van der Waals surface area contributed by atoms with Crippen LogP contribution in [-0.2, 0) is 9.59 Å². The molecule has 0 atom stereocenters. The topological polar surface area (TPSA) is 140 Å². The maximum absolute atomic E-state index is 8.89. The van der Waals surface area contributed by atoms with Gasteiger partial charge in [0.2, 0.25) is 0 Å². The van der Waals surface area contributed by atoms with Gasteiger partial charge < -0.3 is 30.8 Å². The van der Waals surface area contributed by atoms with Gasteiger partial charge >= 0.3 is 75.5 Å². The summed E-state index contributed by atoms with van der Waals surface area (Å²) in [5.74, 6) is -2.17. The zero-order valence-electron chi connectivity index (χ0n) is 6.94. The predicted octanol–water partition coefficient (Wildman–Crippen LogP) is -3.60. The third-order valence-electron chi connectivity index (χ3n) is 0. The van der Waals surface area contributed by atoms with Crippen molar-refractivity contribution in [2.24, 2.45) is 0 Å². The van der Waals surface area contributed by atoms with Gasteiger partial charge in [0.15, 0.2) is 0 Å². The Morgan fingerprint density at radius 2 is 0.833 bits per heavy atom. The average Bonchev–Trinajstić information content (AvgIpc) is 1.25. The summed E-state index contributed by atoms with van der Waals surface area (Å²) in [5, 5.41) is 17.8. The van der Waals surface area contributed by atoms with E-state index >= 15 is 0 Å². The van der Waals surface area contributed by atoms with Crippen LogP contribution < -0.4 is 10.2 Å². The molecule has 0 aliphatic rings. The number of hydrogen-bond donors (Lipinski definition) is 0. The standard InChI is InChI=1S/2C2H4O2.2Ca.2H2O/c2*1-2(3)4;;;;/h2*1H3,(H,3,4);;;2*1H2/q;;2*+2;;/p-4. The van der Waals surface area contributed by atoms with Crippen molar-refractivity contribution in [2.75, 3.05) is 0 Å². The number of carboxylic acid groups (broad SMARTS) is 2. The molecule has 6 nitrogen and oxygen atoms in total. The van der Waals surface area contributed by atoms with Crippen LogP contribution in [0, 0.1) is 0 Å². The zero-order valence-corrected chi connectivity index (χ0v) is 11.4. The van der Waals surface area contributed by atoms with Crippen LogP contribution in [-0.4, -0.2) is 98.4 Å². The summed E-state index contributed by atoms with van der Waals surface area (Å²) >= 11 is 0. The summed E-state index contributed by atoms with van der Waals surface area (Å²) in [6.07, 6.45) is 0. The molecule has 0 saturated carbocycles. The van der Waals surface area contributed by atoms with E-state index in [9.17, 15) is 0 Å². The van der Waals surface area contributed by atoms with Crippen LogP contribution >= 0.6 is 0 Å². The van der Waals surface area contributed by atoms with E-state index in [-0.39, 0.29) is 86.4 Å². The third-order valence-corrected chi connectivity index (χ3v) is 0. The minimum absolute atomic E-state index is 0. The first-order valence-corrected chi connectivity index (χ1v) is 1.82. The van der Waals surface area contributed by atoms with Crippen molar-refractivity contribution in [3.8, 4) is 0 Å². The van der Waals surface area contributed by atoms with Crippen LogP contribution in [0.3, 0.4) is 0 Å². The molecule has 0 spiro atoms. The summed E-state index contributed by atoms with van der Waals surface area (Å²) in [6.45, 7) is 1.94. The molecule has 0 aromatic heterocycles. The summed E-state index contributed by atoms with van der Waals surface area (Å²) in [4.78, 5) is 17.8. The number of hydrogen-bond acceptors (Lipinski definition) is 6. The van der Waals surface area contributed by atoms with Gasteiger partial charge in [-0.15, -0.1) is 0 Å². The van der Waals surface area contributed by atoms with E-state index in [4.69, 9.17) is 19.8 Å². The molecule has 0 aliphatic carbocycles. The van der Waals surface area contributed by atoms with Gasteiger partial charge in [0.1, 0.15) is 0 Å². The van der Waals surface area contributed by atoms with E-state index in [2.05, 4.69) is 0 Å². The molecule has 0 unspecified atom stereocenters. The molecule has 2 N–H and O–H groups in total. The second-order valence-electron chi connectivity index (χ2n) is 0.983. The zero-order chi connectivity index (χ0) is 7.15. The van der Waals surface area contributed by atoms with Gasteiger partial charge in [0.05, 0.1) is 0 Å². The maximum atomic E-state index is 8.89. The molecule has 0 radical (unpaired) electrons. The molecular weight excluding hydrogens is 224 g/mol. The fourth-order valence-electron chi connectivity index (χ4n) is 0. The Kier molecular flexibility index (Phi) is 92.4. The first-order valence-electron chi connectivity index (χ1n) is 1.82. The summed E-state index contributed by atoms with van der Waals surface area (Å²) < 4.78 is 0. The van der Waals surface area contributed by atoms with E-state index < -0.39 is 11.9 Å². The molecule has 8 heteroatoms. The fourth-order valence-corrected chi connectivity index (χ4v) is 0. The molecule has 0 bridgehead atoms. The first-order chi connectivity index (χ1) is 3.46. The molecule has 0 aromatic rings. The van der Waals surface area contributed by atoms with Crippen LogP contribution in [0.5, 0.6) is 0 Å². The van der Waals surface area contributed by atoms with Crippen LogP contribution in [0.2, 0.25) is 0 Å². The normalized spacial score (nSPS) is 4.17. The van der Waals surface area contributed by atoms with Gasteiger partial charge in [0, 0.05) is 11.9 Å². The van der Waals surface area contributed by atoms with Crippen LogP contribution in [0.4, 0.5) is 0 Å². The van der Waals surface area contributed by atoms with Gasteiger partial charge in [-0.3, -0.25) is 0 Å². The van der Waals surface area contributed by atoms with Gasteiger partial charge in [-0.1, -0.05) is 0 Å². The fraction of sp³-hybridized carbons (Fsp3) is 0.500. The molecule has 0 heterocycles. The van der Waals surface area contributed by atoms with Gasteiger partial charge in [-0.05, 0) is 13.8 Å². The van der Waals surface area contributed by atoms with Crippen molar-refractivity contribution in [3.05, 3.63) is 0 Å². The Bertz CT molecular complexity index is 75.5. The number of aliphatic carboxylic acids is 2. The molecule has 0 fully saturated rings. The van der Waals surface area contributed by atoms with Crippen LogP contribution in [0.15, 0.2) is 0 Å². The first kappa shape index (κ1) is 37.7. The molecule has 0 amide bonds. The Labute approximate surface area is 130 Å². The Hall–Kier alpha value is 1.38. The predicted molar refractivity (Wildman–Crippen MR) is 36.7 cm³/mol. The van der Waals surface area contributed by atoms with Crippen molar-refractivity contribution in [1.29, 1.82) is 0 Å². The monoisotopic (exact) mass is 232 g/mol. The minimum atomic E-state index is -1.08. The van der Waals surface area contributed by atoms with Crippen molar-refractivity contribution >= 4 is 87.4 Å². The van der Waals surface area contributed by atoms with Crippen molar-refractivity contribution in [3.63, 3.8) is 0 Å². The molecule has 0 aromatic carbocycles. The Morgan fingerprint density at radius 3 is 0.833 bits per heavy atom. The van der Waals surface area contributed by atoms with Crippen LogP contribution in [0.1, 0.15) is 13.8 Å². The molecule has 12 heavy (non-hydrogen) atoms. The van der Waals surface area contributed by atoms with Crippen LogP contribution in [0.25, 0.3) is 0 Å². The SMILES string of the molecule is CC(=O)[O-].CC(=O)[O-].[Ca+2].[Ca+2].[OH-].[OH-]. The van der Waals surface area contributed by atoms with Crippen molar-refractivity contribution < 1.29 is 30.8 Å². The van der Waals surface area contributed by atoms with E-state index in [1.54, 1.807) is 0 Å². The summed E-state index contributed by atoms with van der Waals surface area (Å²) in [5.41, 5.74) is 0. The second kappa shape index (κ2) is 29.4. The van der Waals surface area contributed by atoms with E-state index in [0.717, 1.165) is 13.8 Å².